The molecule has 3 rings (SSSR count). The van der Waals surface area contributed by atoms with Gasteiger partial charge in [-0.15, -0.1) is 24.0 Å². The number of hydrogen-bond donors (Lipinski definition) is 2. The van der Waals surface area contributed by atoms with Gasteiger partial charge in [0.2, 0.25) is 5.91 Å². The molecule has 1 aliphatic heterocycles. The summed E-state index contributed by atoms with van der Waals surface area (Å²) in [6.45, 7) is 6.00. The summed E-state index contributed by atoms with van der Waals surface area (Å²) in [6.07, 6.45) is 6.32. The third kappa shape index (κ3) is 6.50. The Bertz CT molecular complexity index is 745. The standard InChI is InChI=1S/C20H28N6O.HI/c1-2-21-20(22-11-4-14-25-13-3-6-19(25)27)23-16-17-7-9-18(10-8-17)26-15-5-12-24-26;/h5,7-10,12,15H,2-4,6,11,13-14,16H2,1H3,(H2,21,22,23);1H. The normalized spacial score (nSPS) is 14.1. The largest absolute Gasteiger partial charge is 0.357 e. The van der Waals surface area contributed by atoms with Crippen molar-refractivity contribution >= 4 is 35.8 Å². The van der Waals surface area contributed by atoms with Crippen molar-refractivity contribution < 1.29 is 4.79 Å². The second-order valence-corrected chi connectivity index (χ2v) is 6.58. The van der Waals surface area contributed by atoms with Crippen molar-refractivity contribution in [1.29, 1.82) is 0 Å². The van der Waals surface area contributed by atoms with Crippen molar-refractivity contribution in [3.63, 3.8) is 0 Å². The van der Waals surface area contributed by atoms with E-state index in [1.165, 1.54) is 0 Å². The predicted octanol–water partition coefficient (Wildman–Crippen LogP) is 2.56. The van der Waals surface area contributed by atoms with E-state index in [-0.39, 0.29) is 29.9 Å². The summed E-state index contributed by atoms with van der Waals surface area (Å²) < 4.78 is 1.84. The van der Waals surface area contributed by atoms with E-state index in [9.17, 15) is 4.79 Å². The number of halogens is 1. The Labute approximate surface area is 183 Å². The highest BCUT2D eigenvalue weighted by molar-refractivity contribution is 14.0. The lowest BCUT2D eigenvalue weighted by molar-refractivity contribution is -0.127. The Morgan fingerprint density at radius 1 is 1.25 bits per heavy atom. The third-order valence-corrected chi connectivity index (χ3v) is 4.54. The second-order valence-electron chi connectivity index (χ2n) is 6.58. The van der Waals surface area contributed by atoms with Crippen LogP contribution in [-0.4, -0.2) is 52.7 Å². The summed E-state index contributed by atoms with van der Waals surface area (Å²) >= 11 is 0. The molecule has 8 heteroatoms. The summed E-state index contributed by atoms with van der Waals surface area (Å²) in [5.41, 5.74) is 2.18. The molecule has 0 spiro atoms. The average molecular weight is 496 g/mol. The molecule has 1 fully saturated rings. The quantitative estimate of drug-likeness (QED) is 0.255. The SMILES string of the molecule is CCNC(=NCc1ccc(-n2cccn2)cc1)NCCCN1CCCC1=O.I. The zero-order valence-electron chi connectivity index (χ0n) is 16.3. The third-order valence-electron chi connectivity index (χ3n) is 4.54. The van der Waals surface area contributed by atoms with Crippen LogP contribution in [0.15, 0.2) is 47.7 Å². The number of likely N-dealkylation sites (tertiary alicyclic amines) is 1. The minimum absolute atomic E-state index is 0. The van der Waals surface area contributed by atoms with Gasteiger partial charge in [0.25, 0.3) is 0 Å². The van der Waals surface area contributed by atoms with Gasteiger partial charge in [0.05, 0.1) is 12.2 Å². The summed E-state index contributed by atoms with van der Waals surface area (Å²) in [5, 5.41) is 10.9. The number of nitrogens with one attached hydrogen (secondary N) is 2. The van der Waals surface area contributed by atoms with Crippen molar-refractivity contribution in [3.8, 4) is 5.69 Å². The van der Waals surface area contributed by atoms with Gasteiger partial charge < -0.3 is 15.5 Å². The van der Waals surface area contributed by atoms with Gasteiger partial charge in [0, 0.05) is 45.0 Å². The lowest BCUT2D eigenvalue weighted by Crippen LogP contribution is -2.39. The lowest BCUT2D eigenvalue weighted by Gasteiger charge is -2.16. The van der Waals surface area contributed by atoms with Gasteiger partial charge in [-0.3, -0.25) is 4.79 Å². The zero-order chi connectivity index (χ0) is 18.9. The molecule has 0 aliphatic carbocycles. The molecule has 2 heterocycles. The summed E-state index contributed by atoms with van der Waals surface area (Å²) in [5.74, 6) is 1.09. The van der Waals surface area contributed by atoms with Crippen LogP contribution in [0.1, 0.15) is 31.7 Å². The number of nitrogens with zero attached hydrogens (tertiary/aromatic N) is 4. The number of benzene rings is 1. The highest BCUT2D eigenvalue weighted by Crippen LogP contribution is 2.10. The molecule has 0 radical (unpaired) electrons. The van der Waals surface area contributed by atoms with Crippen molar-refractivity contribution in [3.05, 3.63) is 48.3 Å². The van der Waals surface area contributed by atoms with Gasteiger partial charge in [-0.1, -0.05) is 12.1 Å². The van der Waals surface area contributed by atoms with Crippen molar-refractivity contribution in [2.45, 2.75) is 32.7 Å². The van der Waals surface area contributed by atoms with Crippen molar-refractivity contribution in [1.82, 2.24) is 25.3 Å². The maximum absolute atomic E-state index is 11.6. The highest BCUT2D eigenvalue weighted by atomic mass is 127. The van der Waals surface area contributed by atoms with Gasteiger partial charge in [-0.05, 0) is 43.5 Å². The molecule has 2 aromatic rings. The van der Waals surface area contributed by atoms with Crippen LogP contribution >= 0.6 is 24.0 Å². The summed E-state index contributed by atoms with van der Waals surface area (Å²) in [7, 11) is 0. The van der Waals surface area contributed by atoms with Crippen LogP contribution in [0.25, 0.3) is 5.69 Å². The first-order valence-electron chi connectivity index (χ1n) is 9.65. The van der Waals surface area contributed by atoms with Crippen LogP contribution in [0.2, 0.25) is 0 Å². The van der Waals surface area contributed by atoms with Gasteiger partial charge in [-0.2, -0.15) is 5.10 Å². The van der Waals surface area contributed by atoms with Crippen LogP contribution < -0.4 is 10.6 Å². The molecule has 0 bridgehead atoms. The molecule has 2 N–H and O–H groups in total. The molecule has 1 aromatic carbocycles. The van der Waals surface area contributed by atoms with Crippen LogP contribution in [0.3, 0.4) is 0 Å². The van der Waals surface area contributed by atoms with Crippen LogP contribution in [0, 0.1) is 0 Å². The number of carbonyl (C=O) groups is 1. The predicted molar refractivity (Wildman–Crippen MR) is 122 cm³/mol. The van der Waals surface area contributed by atoms with E-state index in [0.29, 0.717) is 13.0 Å². The fraction of sp³-hybridized carbons (Fsp3) is 0.450. The van der Waals surface area contributed by atoms with Crippen molar-refractivity contribution in [2.75, 3.05) is 26.2 Å². The Balaban J connectivity index is 0.00000280. The molecule has 28 heavy (non-hydrogen) atoms. The Kier molecular flexibility index (Phi) is 9.26. The monoisotopic (exact) mass is 496 g/mol. The first kappa shape index (κ1) is 22.2. The number of carbonyl (C=O) groups excluding carboxylic acids is 1. The van der Waals surface area contributed by atoms with Crippen LogP contribution in [0.5, 0.6) is 0 Å². The molecule has 1 aromatic heterocycles. The molecule has 1 saturated heterocycles. The van der Waals surface area contributed by atoms with E-state index >= 15 is 0 Å². The molecule has 1 amide bonds. The van der Waals surface area contributed by atoms with Crippen LogP contribution in [0.4, 0.5) is 0 Å². The number of aromatic nitrogens is 2. The van der Waals surface area contributed by atoms with Gasteiger partial charge >= 0.3 is 0 Å². The fourth-order valence-electron chi connectivity index (χ4n) is 3.10. The number of amides is 1. The summed E-state index contributed by atoms with van der Waals surface area (Å²) in [4.78, 5) is 18.2. The van der Waals surface area contributed by atoms with E-state index in [4.69, 9.17) is 0 Å². The highest BCUT2D eigenvalue weighted by Gasteiger charge is 2.18. The van der Waals surface area contributed by atoms with Gasteiger partial charge in [0.15, 0.2) is 5.96 Å². The topological polar surface area (TPSA) is 74.6 Å². The maximum atomic E-state index is 11.6. The van der Waals surface area contributed by atoms with Gasteiger partial charge in [-0.25, -0.2) is 9.67 Å². The van der Waals surface area contributed by atoms with Gasteiger partial charge in [0.1, 0.15) is 0 Å². The van der Waals surface area contributed by atoms with E-state index in [0.717, 1.165) is 56.2 Å². The Morgan fingerprint density at radius 3 is 2.71 bits per heavy atom. The smallest absolute Gasteiger partial charge is 0.222 e. The number of aliphatic imine (C=N–C) groups is 1. The number of rotatable bonds is 8. The van der Waals surface area contributed by atoms with E-state index < -0.39 is 0 Å². The van der Waals surface area contributed by atoms with E-state index in [2.05, 4.69) is 39.8 Å². The van der Waals surface area contributed by atoms with Crippen LogP contribution in [-0.2, 0) is 11.3 Å². The molecular weight excluding hydrogens is 467 g/mol. The Hall–Kier alpha value is -2.10. The fourth-order valence-corrected chi connectivity index (χ4v) is 3.10. The molecule has 0 atom stereocenters. The zero-order valence-corrected chi connectivity index (χ0v) is 18.6. The lowest BCUT2D eigenvalue weighted by atomic mass is 10.2. The maximum Gasteiger partial charge on any atom is 0.222 e. The van der Waals surface area contributed by atoms with Crippen molar-refractivity contribution in [2.24, 2.45) is 4.99 Å². The summed E-state index contributed by atoms with van der Waals surface area (Å²) in [6, 6.07) is 10.1. The molecule has 152 valence electrons. The number of guanidine groups is 1. The van der Waals surface area contributed by atoms with E-state index in [1.54, 1.807) is 6.20 Å². The minimum Gasteiger partial charge on any atom is -0.357 e. The molecule has 1 aliphatic rings. The number of hydrogen-bond acceptors (Lipinski definition) is 3. The van der Waals surface area contributed by atoms with E-state index in [1.807, 2.05) is 34.0 Å². The molecule has 0 unspecified atom stereocenters. The average Bonchev–Trinajstić information content (AvgIpc) is 3.36. The first-order valence-corrected chi connectivity index (χ1v) is 9.65. The molecule has 7 nitrogen and oxygen atoms in total. The molecular formula is C20H29IN6O. The first-order chi connectivity index (χ1) is 13.3. The Morgan fingerprint density at radius 2 is 2.07 bits per heavy atom. The molecule has 0 saturated carbocycles. The minimum atomic E-state index is 0. The second kappa shape index (κ2) is 11.7.